The van der Waals surface area contributed by atoms with Crippen LogP contribution in [0.15, 0.2) is 53.7 Å². The fourth-order valence-electron chi connectivity index (χ4n) is 2.87. The lowest BCUT2D eigenvalue weighted by molar-refractivity contribution is 0.100. The van der Waals surface area contributed by atoms with Gasteiger partial charge < -0.3 is 15.0 Å². The molecule has 0 unspecified atom stereocenters. The Hall–Kier alpha value is -3.08. The molecular formula is C20H21N3O2. The number of carbonyl (C=O) groups is 1. The van der Waals surface area contributed by atoms with Gasteiger partial charge in [0.05, 0.1) is 5.56 Å². The van der Waals surface area contributed by atoms with Crippen LogP contribution in [0.2, 0.25) is 0 Å². The molecule has 0 fully saturated rings. The number of hydrogen-bond acceptors (Lipinski definition) is 3. The zero-order valence-electron chi connectivity index (χ0n) is 14.4. The Bertz CT molecular complexity index is 924. The number of carbonyl (C=O) groups excluding carboxylic acids is 1. The van der Waals surface area contributed by atoms with Crippen LogP contribution in [0.1, 0.15) is 29.8 Å². The van der Waals surface area contributed by atoms with Gasteiger partial charge >= 0.3 is 0 Å². The minimum absolute atomic E-state index is 0.111. The molecule has 5 heteroatoms. The van der Waals surface area contributed by atoms with Gasteiger partial charge in [-0.25, -0.2) is 4.99 Å². The van der Waals surface area contributed by atoms with Gasteiger partial charge in [-0.05, 0) is 32.0 Å². The van der Waals surface area contributed by atoms with Crippen LogP contribution in [0.4, 0.5) is 5.69 Å². The quantitative estimate of drug-likeness (QED) is 0.693. The number of nitrogens with one attached hydrogen (secondary N) is 1. The van der Waals surface area contributed by atoms with Gasteiger partial charge in [0.2, 0.25) is 0 Å². The third-order valence-corrected chi connectivity index (χ3v) is 4.28. The zero-order chi connectivity index (χ0) is 17.8. The summed E-state index contributed by atoms with van der Waals surface area (Å²) in [5.74, 6) is -0.232. The first-order valence-electron chi connectivity index (χ1n) is 8.36. The maximum absolute atomic E-state index is 12.4. The third kappa shape index (κ3) is 3.40. The predicted molar refractivity (Wildman–Crippen MR) is 102 cm³/mol. The second-order valence-electron chi connectivity index (χ2n) is 5.73. The number of aliphatic imine (C=N–C) groups is 1. The van der Waals surface area contributed by atoms with E-state index in [9.17, 15) is 9.90 Å². The average molecular weight is 335 g/mol. The Morgan fingerprint density at radius 3 is 2.68 bits per heavy atom. The van der Waals surface area contributed by atoms with Gasteiger partial charge in [-0.15, -0.1) is 0 Å². The Morgan fingerprint density at radius 2 is 1.96 bits per heavy atom. The van der Waals surface area contributed by atoms with Gasteiger partial charge in [-0.3, -0.25) is 4.79 Å². The summed E-state index contributed by atoms with van der Waals surface area (Å²) in [5, 5.41) is 11.0. The Morgan fingerprint density at radius 1 is 1.20 bits per heavy atom. The highest BCUT2D eigenvalue weighted by Gasteiger charge is 2.11. The third-order valence-electron chi connectivity index (χ3n) is 4.28. The van der Waals surface area contributed by atoms with Crippen molar-refractivity contribution in [2.75, 3.05) is 18.0 Å². The molecule has 5 nitrogen and oxygen atoms in total. The van der Waals surface area contributed by atoms with Crippen molar-refractivity contribution in [3.8, 4) is 5.75 Å². The van der Waals surface area contributed by atoms with Crippen LogP contribution in [-0.2, 0) is 0 Å². The highest BCUT2D eigenvalue weighted by molar-refractivity contribution is 6.10. The van der Waals surface area contributed by atoms with Crippen LogP contribution in [0.5, 0.6) is 5.75 Å². The van der Waals surface area contributed by atoms with E-state index >= 15 is 0 Å². The number of anilines is 1. The maximum Gasteiger partial charge on any atom is 0.279 e. The number of hydrogen-bond donors (Lipinski definition) is 2. The number of amides is 1. The summed E-state index contributed by atoms with van der Waals surface area (Å²) < 4.78 is 0. The number of aromatic nitrogens is 1. The molecule has 3 rings (SSSR count). The molecule has 0 spiro atoms. The number of rotatable bonds is 5. The molecule has 0 saturated carbocycles. The van der Waals surface area contributed by atoms with E-state index < -0.39 is 0 Å². The zero-order valence-corrected chi connectivity index (χ0v) is 14.4. The lowest BCUT2D eigenvalue weighted by Gasteiger charge is -2.21. The molecule has 0 aliphatic rings. The van der Waals surface area contributed by atoms with E-state index in [1.165, 1.54) is 6.21 Å². The number of nitrogens with zero attached hydrogens (tertiary/aromatic N) is 2. The summed E-state index contributed by atoms with van der Waals surface area (Å²) in [5.41, 5.74) is 2.88. The highest BCUT2D eigenvalue weighted by atomic mass is 16.3. The van der Waals surface area contributed by atoms with E-state index in [4.69, 9.17) is 0 Å². The number of para-hydroxylation sites is 1. The lowest BCUT2D eigenvalue weighted by atomic mass is 10.1. The van der Waals surface area contributed by atoms with Crippen LogP contribution < -0.4 is 4.90 Å². The summed E-state index contributed by atoms with van der Waals surface area (Å²) in [4.78, 5) is 21.6. The number of fused-ring (bicyclic) bond motifs is 1. The summed E-state index contributed by atoms with van der Waals surface area (Å²) in [6.07, 6.45) is 3.07. The Labute approximate surface area is 146 Å². The van der Waals surface area contributed by atoms with E-state index in [1.807, 2.05) is 30.3 Å². The molecule has 0 radical (unpaired) electrons. The number of phenolic OH excluding ortho intramolecular Hbond substituents is 1. The minimum Gasteiger partial charge on any atom is -0.507 e. The molecule has 0 atom stereocenters. The molecule has 3 aromatic rings. The van der Waals surface area contributed by atoms with Crippen molar-refractivity contribution in [3.05, 3.63) is 59.8 Å². The van der Waals surface area contributed by atoms with Crippen LogP contribution in [0, 0.1) is 0 Å². The van der Waals surface area contributed by atoms with E-state index in [2.05, 4.69) is 28.7 Å². The smallest absolute Gasteiger partial charge is 0.279 e. The Balaban J connectivity index is 1.83. The number of aromatic hydroxyl groups is 1. The summed E-state index contributed by atoms with van der Waals surface area (Å²) in [6.45, 7) is 5.86. The average Bonchev–Trinajstić information content (AvgIpc) is 3.06. The Kier molecular flexibility index (Phi) is 4.84. The SMILES string of the molecule is CCN(CC)c1ccc(/C=N/C(=O)c2c[nH]c3ccccc23)c(O)c1. The topological polar surface area (TPSA) is 68.7 Å². The molecule has 1 aromatic heterocycles. The second kappa shape index (κ2) is 7.21. The van der Waals surface area contributed by atoms with Gasteiger partial charge in [0.15, 0.2) is 0 Å². The maximum atomic E-state index is 12.4. The van der Waals surface area contributed by atoms with E-state index in [0.29, 0.717) is 11.1 Å². The number of aromatic amines is 1. The monoisotopic (exact) mass is 335 g/mol. The molecule has 1 heterocycles. The van der Waals surface area contributed by atoms with E-state index in [-0.39, 0.29) is 11.7 Å². The number of phenols is 1. The molecule has 1 amide bonds. The van der Waals surface area contributed by atoms with Crippen LogP contribution in [0.25, 0.3) is 10.9 Å². The first kappa shape index (κ1) is 16.8. The molecule has 0 aliphatic heterocycles. The normalized spacial score (nSPS) is 11.3. The highest BCUT2D eigenvalue weighted by Crippen LogP contribution is 2.24. The molecule has 2 N–H and O–H groups in total. The first-order chi connectivity index (χ1) is 12.1. The van der Waals surface area contributed by atoms with Crippen molar-refractivity contribution in [3.63, 3.8) is 0 Å². The van der Waals surface area contributed by atoms with E-state index in [0.717, 1.165) is 29.7 Å². The molecule has 2 aromatic carbocycles. The molecule has 128 valence electrons. The van der Waals surface area contributed by atoms with Crippen molar-refractivity contribution >= 4 is 28.7 Å². The lowest BCUT2D eigenvalue weighted by Crippen LogP contribution is -2.21. The predicted octanol–water partition coefficient (Wildman–Crippen LogP) is 3.98. The molecule has 0 saturated heterocycles. The van der Waals surface area contributed by atoms with Crippen LogP contribution in [-0.4, -0.2) is 35.3 Å². The molecule has 0 aliphatic carbocycles. The standard InChI is InChI=1S/C20H21N3O2/c1-3-23(4-2)15-10-9-14(19(24)11-15)12-22-20(25)17-13-21-18-8-6-5-7-16(17)18/h5-13,21,24H,3-4H2,1-2H3/b22-12+. The van der Waals surface area contributed by atoms with Gasteiger partial charge in [0.25, 0.3) is 5.91 Å². The van der Waals surface area contributed by atoms with Crippen molar-refractivity contribution in [1.29, 1.82) is 0 Å². The van der Waals surface area contributed by atoms with Crippen LogP contribution >= 0.6 is 0 Å². The van der Waals surface area contributed by atoms with Gasteiger partial charge in [-0.1, -0.05) is 18.2 Å². The van der Waals surface area contributed by atoms with E-state index in [1.54, 1.807) is 18.3 Å². The van der Waals surface area contributed by atoms with Crippen molar-refractivity contribution in [2.24, 2.45) is 4.99 Å². The summed E-state index contributed by atoms with van der Waals surface area (Å²) in [7, 11) is 0. The second-order valence-corrected chi connectivity index (χ2v) is 5.73. The molecule has 25 heavy (non-hydrogen) atoms. The number of benzene rings is 2. The summed E-state index contributed by atoms with van der Waals surface area (Å²) >= 11 is 0. The van der Waals surface area contributed by atoms with Gasteiger partial charge in [0.1, 0.15) is 5.75 Å². The molecular weight excluding hydrogens is 314 g/mol. The van der Waals surface area contributed by atoms with Crippen molar-refractivity contribution in [1.82, 2.24) is 4.98 Å². The molecule has 0 bridgehead atoms. The fourth-order valence-corrected chi connectivity index (χ4v) is 2.87. The van der Waals surface area contributed by atoms with Crippen LogP contribution in [0.3, 0.4) is 0 Å². The number of H-pyrrole nitrogens is 1. The first-order valence-corrected chi connectivity index (χ1v) is 8.36. The van der Waals surface area contributed by atoms with Gasteiger partial charge in [0, 0.05) is 53.7 Å². The summed E-state index contributed by atoms with van der Waals surface area (Å²) in [6, 6.07) is 13.0. The minimum atomic E-state index is -0.343. The largest absolute Gasteiger partial charge is 0.507 e. The van der Waals surface area contributed by atoms with Crippen molar-refractivity contribution in [2.45, 2.75) is 13.8 Å². The van der Waals surface area contributed by atoms with Crippen molar-refractivity contribution < 1.29 is 9.90 Å². The fraction of sp³-hybridized carbons (Fsp3) is 0.200. The van der Waals surface area contributed by atoms with Gasteiger partial charge in [-0.2, -0.15) is 0 Å².